The Morgan fingerprint density at radius 2 is 1.88 bits per heavy atom. The van der Waals surface area contributed by atoms with E-state index in [1.165, 1.54) is 13.2 Å². The van der Waals surface area contributed by atoms with Crippen LogP contribution in [0, 0.1) is 0 Å². The minimum atomic E-state index is -0.824. The molecule has 0 bridgehead atoms. The second-order valence-electron chi connectivity index (χ2n) is 5.78. The third-order valence-electron chi connectivity index (χ3n) is 4.11. The largest absolute Gasteiger partial charge is 0.493 e. The van der Waals surface area contributed by atoms with Gasteiger partial charge in [-0.1, -0.05) is 0 Å². The zero-order chi connectivity index (χ0) is 17.1. The minimum Gasteiger partial charge on any atom is -0.493 e. The third-order valence-corrected chi connectivity index (χ3v) is 4.11. The van der Waals surface area contributed by atoms with Gasteiger partial charge in [0.25, 0.3) is 5.91 Å². The van der Waals surface area contributed by atoms with Gasteiger partial charge in [0.1, 0.15) is 13.2 Å². The molecule has 1 fully saturated rings. The fraction of sp³-hybridized carbons (Fsp3) is 0.529. The predicted molar refractivity (Wildman–Crippen MR) is 84.7 cm³/mol. The molecular weight excluding hydrogens is 314 g/mol. The number of rotatable bonds is 4. The average molecular weight is 335 g/mol. The van der Waals surface area contributed by atoms with E-state index in [1.807, 2.05) is 0 Å². The maximum absolute atomic E-state index is 12.4. The molecule has 1 aromatic rings. The van der Waals surface area contributed by atoms with Gasteiger partial charge >= 0.3 is 5.97 Å². The highest BCUT2D eigenvalue weighted by Crippen LogP contribution is 2.40. The second kappa shape index (κ2) is 6.98. The van der Waals surface area contributed by atoms with Gasteiger partial charge < -0.3 is 23.8 Å². The lowest BCUT2D eigenvalue weighted by Crippen LogP contribution is -2.38. The fourth-order valence-electron chi connectivity index (χ4n) is 2.86. The Bertz CT molecular complexity index is 621. The van der Waals surface area contributed by atoms with Crippen molar-refractivity contribution in [3.8, 4) is 17.2 Å². The predicted octanol–water partition coefficient (Wildman–Crippen LogP) is 1.63. The normalized spacial score (nSPS) is 17.3. The monoisotopic (exact) mass is 335 g/mol. The van der Waals surface area contributed by atoms with E-state index in [9.17, 15) is 9.59 Å². The van der Waals surface area contributed by atoms with E-state index in [2.05, 4.69) is 0 Å². The third kappa shape index (κ3) is 3.25. The summed E-state index contributed by atoms with van der Waals surface area (Å²) in [5.41, 5.74) is 0.261. The molecule has 0 N–H and O–H groups in total. The van der Waals surface area contributed by atoms with Crippen LogP contribution in [-0.2, 0) is 9.53 Å². The molecule has 1 aromatic carbocycles. The fourth-order valence-corrected chi connectivity index (χ4v) is 2.86. The van der Waals surface area contributed by atoms with Crippen LogP contribution in [-0.4, -0.2) is 56.3 Å². The Morgan fingerprint density at radius 3 is 2.58 bits per heavy atom. The first kappa shape index (κ1) is 16.4. The van der Waals surface area contributed by atoms with Crippen LogP contribution in [0.25, 0.3) is 0 Å². The maximum Gasteiger partial charge on any atom is 0.339 e. The van der Waals surface area contributed by atoms with Gasteiger partial charge in [0.15, 0.2) is 17.6 Å². The molecule has 1 atom stereocenters. The minimum absolute atomic E-state index is 0.162. The Kier molecular flexibility index (Phi) is 4.78. The molecule has 0 saturated carbocycles. The maximum atomic E-state index is 12.4. The number of hydrogen-bond acceptors (Lipinski definition) is 6. The van der Waals surface area contributed by atoms with E-state index in [4.69, 9.17) is 18.9 Å². The quantitative estimate of drug-likeness (QED) is 0.779. The van der Waals surface area contributed by atoms with Crippen molar-refractivity contribution >= 4 is 11.9 Å². The number of benzene rings is 1. The van der Waals surface area contributed by atoms with Gasteiger partial charge in [-0.25, -0.2) is 4.79 Å². The van der Waals surface area contributed by atoms with Crippen LogP contribution in [0.1, 0.15) is 30.1 Å². The number of carbonyl (C=O) groups excluding carboxylic acids is 2. The van der Waals surface area contributed by atoms with Crippen molar-refractivity contribution in [2.75, 3.05) is 33.4 Å². The summed E-state index contributed by atoms with van der Waals surface area (Å²) < 4.78 is 21.6. The second-order valence-corrected chi connectivity index (χ2v) is 5.78. The van der Waals surface area contributed by atoms with Crippen LogP contribution in [0.15, 0.2) is 12.1 Å². The number of fused-ring (bicyclic) bond motifs is 1. The molecule has 130 valence electrons. The average Bonchev–Trinajstić information content (AvgIpc) is 3.14. The summed E-state index contributed by atoms with van der Waals surface area (Å²) in [6.45, 7) is 3.86. The lowest BCUT2D eigenvalue weighted by molar-refractivity contribution is -0.138. The molecule has 24 heavy (non-hydrogen) atoms. The molecule has 1 saturated heterocycles. The number of esters is 1. The molecule has 7 nitrogen and oxygen atoms in total. The number of nitrogens with zero attached hydrogens (tertiary/aromatic N) is 1. The number of ether oxygens (including phenoxy) is 4. The lowest BCUT2D eigenvalue weighted by Gasteiger charge is -2.22. The van der Waals surface area contributed by atoms with Crippen LogP contribution in [0.2, 0.25) is 0 Å². The highest BCUT2D eigenvalue weighted by atomic mass is 16.6. The number of hydrogen-bond donors (Lipinski definition) is 0. The molecule has 3 rings (SSSR count). The van der Waals surface area contributed by atoms with Gasteiger partial charge in [-0.3, -0.25) is 4.79 Å². The molecule has 2 aliphatic rings. The van der Waals surface area contributed by atoms with E-state index >= 15 is 0 Å². The van der Waals surface area contributed by atoms with Crippen molar-refractivity contribution < 1.29 is 28.5 Å². The van der Waals surface area contributed by atoms with Crippen molar-refractivity contribution in [3.05, 3.63) is 17.7 Å². The molecule has 0 aromatic heterocycles. The summed E-state index contributed by atoms with van der Waals surface area (Å²) in [6.07, 6.45) is 1.16. The summed E-state index contributed by atoms with van der Waals surface area (Å²) in [7, 11) is 1.49. The van der Waals surface area contributed by atoms with Crippen LogP contribution in [0.3, 0.4) is 0 Å². The molecule has 2 heterocycles. The summed E-state index contributed by atoms with van der Waals surface area (Å²) >= 11 is 0. The van der Waals surface area contributed by atoms with E-state index in [-0.39, 0.29) is 11.5 Å². The molecule has 0 unspecified atom stereocenters. The first-order chi connectivity index (χ1) is 11.6. The number of carbonyl (C=O) groups is 2. The van der Waals surface area contributed by atoms with Gasteiger partial charge in [0, 0.05) is 13.1 Å². The summed E-state index contributed by atoms with van der Waals surface area (Å²) in [4.78, 5) is 26.4. The van der Waals surface area contributed by atoms with Crippen LogP contribution in [0.4, 0.5) is 0 Å². The van der Waals surface area contributed by atoms with Gasteiger partial charge in [-0.05, 0) is 31.9 Å². The Labute approximate surface area is 140 Å². The Hall–Kier alpha value is -2.44. The van der Waals surface area contributed by atoms with Gasteiger partial charge in [-0.15, -0.1) is 0 Å². The Balaban J connectivity index is 1.73. The molecule has 7 heteroatoms. The van der Waals surface area contributed by atoms with E-state index in [1.54, 1.807) is 17.9 Å². The first-order valence-corrected chi connectivity index (χ1v) is 8.07. The summed E-state index contributed by atoms with van der Waals surface area (Å²) in [6, 6.07) is 3.08. The smallest absolute Gasteiger partial charge is 0.339 e. The highest BCUT2D eigenvalue weighted by molar-refractivity contribution is 5.93. The number of likely N-dealkylation sites (tertiary alicyclic amines) is 1. The standard InChI is InChI=1S/C17H21NO6/c1-11(16(19)18-5-3-4-6-18)24-17(20)12-9-13(21-2)15-14(10-12)22-7-8-23-15/h9-11H,3-8H2,1-2H3/t11-/m1/s1. The molecule has 2 aliphatic heterocycles. The zero-order valence-corrected chi connectivity index (χ0v) is 13.9. The SMILES string of the molecule is COc1cc(C(=O)O[C@H](C)C(=O)N2CCCC2)cc2c1OCCO2. The lowest BCUT2D eigenvalue weighted by atomic mass is 10.1. The molecule has 0 spiro atoms. The molecular formula is C17H21NO6. The summed E-state index contributed by atoms with van der Waals surface area (Å²) in [5.74, 6) is 0.556. The zero-order valence-electron chi connectivity index (χ0n) is 13.9. The Morgan fingerprint density at radius 1 is 1.17 bits per heavy atom. The molecule has 0 aliphatic carbocycles. The van der Waals surface area contributed by atoms with E-state index < -0.39 is 12.1 Å². The van der Waals surface area contributed by atoms with Crippen LogP contribution < -0.4 is 14.2 Å². The van der Waals surface area contributed by atoms with Gasteiger partial charge in [0.2, 0.25) is 5.75 Å². The van der Waals surface area contributed by atoms with Gasteiger partial charge in [0.05, 0.1) is 12.7 Å². The van der Waals surface area contributed by atoms with Crippen molar-refractivity contribution in [1.82, 2.24) is 4.90 Å². The highest BCUT2D eigenvalue weighted by Gasteiger charge is 2.27. The van der Waals surface area contributed by atoms with Crippen LogP contribution >= 0.6 is 0 Å². The summed E-state index contributed by atoms with van der Waals surface area (Å²) in [5, 5.41) is 0. The first-order valence-electron chi connectivity index (χ1n) is 8.07. The van der Waals surface area contributed by atoms with Crippen LogP contribution in [0.5, 0.6) is 17.2 Å². The molecule has 1 amide bonds. The van der Waals surface area contributed by atoms with Crippen molar-refractivity contribution in [3.63, 3.8) is 0 Å². The van der Waals surface area contributed by atoms with Crippen molar-refractivity contribution in [2.24, 2.45) is 0 Å². The van der Waals surface area contributed by atoms with Gasteiger partial charge in [-0.2, -0.15) is 0 Å². The number of methoxy groups -OCH3 is 1. The number of amides is 1. The topological polar surface area (TPSA) is 74.3 Å². The van der Waals surface area contributed by atoms with Crippen molar-refractivity contribution in [1.29, 1.82) is 0 Å². The van der Waals surface area contributed by atoms with E-state index in [0.29, 0.717) is 30.5 Å². The van der Waals surface area contributed by atoms with E-state index in [0.717, 1.165) is 25.9 Å². The molecule has 0 radical (unpaired) electrons. The van der Waals surface area contributed by atoms with Crippen molar-refractivity contribution in [2.45, 2.75) is 25.9 Å².